The SMILES string of the molecule is C=C1CC[C@@](O)([Si](C)(C)C(C)(C)C)C/C1=C/C=C1CCC[C@@]2(C)C1CC[C@@H]2[C@H](C)C(C[C@@H](O)C(C)(C)O)S(=O)(=O)c1ccc(C)cc1. The number of sulfone groups is 1. The van der Waals surface area contributed by atoms with Crippen LogP contribution in [0.4, 0.5) is 0 Å². The zero-order valence-electron chi connectivity index (χ0n) is 31.0. The fraction of sp³-hybridized carbons (Fsp3) is 0.700. The molecule has 0 amide bonds. The first kappa shape index (κ1) is 38.3. The standard InChI is InChI=1S/C40H64O5SSi/c1-27-14-18-32(19-15-27)46(44,45)35(25-36(41)38(7,8)42)29(3)33-20-21-34-30(13-12-23-39(33,34)9)16-17-31-26-40(43,24-22-28(31)2)47(10,11)37(4,5)6/h14-19,29,33-36,41-43H,2,12-13,20-26H2,1,3-11H3/b30-16?,31-17-/t29-,33+,34?,35?,36+,39+,40+/m0/s1. The van der Waals surface area contributed by atoms with Crippen LogP contribution < -0.4 is 0 Å². The largest absolute Gasteiger partial charge is 0.393 e. The fourth-order valence-electron chi connectivity index (χ4n) is 9.10. The average Bonchev–Trinajstić information content (AvgIpc) is 3.32. The minimum atomic E-state index is -3.78. The number of fused-ring (bicyclic) bond motifs is 1. The quantitative estimate of drug-likeness (QED) is 0.226. The molecule has 3 fully saturated rings. The molecule has 3 saturated carbocycles. The van der Waals surface area contributed by atoms with Gasteiger partial charge in [-0.05, 0) is 124 Å². The van der Waals surface area contributed by atoms with Crippen LogP contribution in [0.1, 0.15) is 112 Å². The molecule has 0 aliphatic heterocycles. The Hall–Kier alpha value is -1.51. The van der Waals surface area contributed by atoms with E-state index in [1.54, 1.807) is 26.0 Å². The summed E-state index contributed by atoms with van der Waals surface area (Å²) in [7, 11) is -5.81. The first-order valence-electron chi connectivity index (χ1n) is 18.0. The molecule has 0 radical (unpaired) electrons. The minimum Gasteiger partial charge on any atom is -0.393 e. The number of rotatable bonds is 9. The third kappa shape index (κ3) is 7.36. The van der Waals surface area contributed by atoms with Gasteiger partial charge >= 0.3 is 0 Å². The fourth-order valence-corrected chi connectivity index (χ4v) is 13.9. The first-order chi connectivity index (χ1) is 21.5. The number of allylic oxidation sites excluding steroid dienone is 4. The minimum absolute atomic E-state index is 0.00777. The topological polar surface area (TPSA) is 94.8 Å². The van der Waals surface area contributed by atoms with Crippen LogP contribution in [0.2, 0.25) is 18.1 Å². The molecule has 7 atom stereocenters. The van der Waals surface area contributed by atoms with Gasteiger partial charge in [0.15, 0.2) is 9.84 Å². The Morgan fingerprint density at radius 1 is 1.04 bits per heavy atom. The lowest BCUT2D eigenvalue weighted by atomic mass is 9.60. The Balaban J connectivity index is 1.65. The van der Waals surface area contributed by atoms with Crippen LogP contribution in [-0.2, 0) is 9.84 Å². The summed E-state index contributed by atoms with van der Waals surface area (Å²) in [4.78, 5) is 0.281. The Labute approximate surface area is 287 Å². The predicted molar refractivity (Wildman–Crippen MR) is 198 cm³/mol. The number of benzene rings is 1. The number of hydrogen-bond donors (Lipinski definition) is 3. The Bertz CT molecular complexity index is 1480. The van der Waals surface area contributed by atoms with Crippen molar-refractivity contribution < 1.29 is 23.7 Å². The second kappa shape index (κ2) is 13.3. The summed E-state index contributed by atoms with van der Waals surface area (Å²) in [6.07, 6.45) is 10.8. The van der Waals surface area contributed by atoms with Crippen molar-refractivity contribution in [3.63, 3.8) is 0 Å². The van der Waals surface area contributed by atoms with E-state index in [0.717, 1.165) is 56.1 Å². The first-order valence-corrected chi connectivity index (χ1v) is 22.5. The van der Waals surface area contributed by atoms with Gasteiger partial charge in [-0.15, -0.1) is 0 Å². The van der Waals surface area contributed by atoms with E-state index < -0.39 is 40.1 Å². The van der Waals surface area contributed by atoms with Gasteiger partial charge in [0.05, 0.1) is 35.1 Å². The monoisotopic (exact) mass is 684 g/mol. The van der Waals surface area contributed by atoms with Crippen LogP contribution >= 0.6 is 0 Å². The average molecular weight is 685 g/mol. The Morgan fingerprint density at radius 2 is 1.66 bits per heavy atom. The molecular formula is C40H64O5SSi. The van der Waals surface area contributed by atoms with Gasteiger partial charge in [0.1, 0.15) is 0 Å². The number of aryl methyl sites for hydroxylation is 1. The molecule has 5 nitrogen and oxygen atoms in total. The van der Waals surface area contributed by atoms with Gasteiger partial charge in [0.25, 0.3) is 0 Å². The molecule has 3 aliphatic carbocycles. The molecule has 47 heavy (non-hydrogen) atoms. The summed E-state index contributed by atoms with van der Waals surface area (Å²) >= 11 is 0. The maximum Gasteiger partial charge on any atom is 0.181 e. The molecule has 7 heteroatoms. The van der Waals surface area contributed by atoms with Gasteiger partial charge in [-0.2, -0.15) is 0 Å². The highest BCUT2D eigenvalue weighted by atomic mass is 32.2. The molecule has 1 aromatic carbocycles. The summed E-state index contributed by atoms with van der Waals surface area (Å²) in [5.74, 6) is 0.318. The van der Waals surface area contributed by atoms with Crippen molar-refractivity contribution in [1.82, 2.24) is 0 Å². The maximum absolute atomic E-state index is 14.3. The van der Waals surface area contributed by atoms with Gasteiger partial charge in [-0.25, -0.2) is 8.42 Å². The molecule has 4 rings (SSSR count). The Kier molecular flexibility index (Phi) is 10.8. The van der Waals surface area contributed by atoms with Crippen LogP contribution in [0.3, 0.4) is 0 Å². The highest BCUT2D eigenvalue weighted by Crippen LogP contribution is 2.60. The lowest BCUT2D eigenvalue weighted by Crippen LogP contribution is -2.60. The predicted octanol–water partition coefficient (Wildman–Crippen LogP) is 8.88. The van der Waals surface area contributed by atoms with Crippen LogP contribution in [0.5, 0.6) is 0 Å². The third-order valence-corrected chi connectivity index (χ3v) is 22.4. The summed E-state index contributed by atoms with van der Waals surface area (Å²) < 4.78 is 28.6. The lowest BCUT2D eigenvalue weighted by molar-refractivity contribution is -0.0547. The van der Waals surface area contributed by atoms with E-state index in [-0.39, 0.29) is 33.6 Å². The van der Waals surface area contributed by atoms with Gasteiger partial charge in [-0.1, -0.05) is 95.3 Å². The summed E-state index contributed by atoms with van der Waals surface area (Å²) in [5.41, 5.74) is 3.27. The third-order valence-electron chi connectivity index (χ3n) is 13.6. The van der Waals surface area contributed by atoms with E-state index in [1.165, 1.54) is 11.1 Å². The zero-order chi connectivity index (χ0) is 35.4. The molecule has 0 heterocycles. The second-order valence-corrected chi connectivity index (χ2v) is 25.7. The van der Waals surface area contributed by atoms with Crippen LogP contribution in [0.15, 0.2) is 64.6 Å². The van der Waals surface area contributed by atoms with Crippen molar-refractivity contribution in [2.75, 3.05) is 0 Å². The molecular weight excluding hydrogens is 621 g/mol. The molecule has 1 aromatic rings. The van der Waals surface area contributed by atoms with Gasteiger partial charge in [0, 0.05) is 0 Å². The van der Waals surface area contributed by atoms with Crippen LogP contribution in [0, 0.1) is 30.1 Å². The highest BCUT2D eigenvalue weighted by Gasteiger charge is 2.55. The maximum atomic E-state index is 14.3. The number of hydrogen-bond acceptors (Lipinski definition) is 5. The van der Waals surface area contributed by atoms with E-state index >= 15 is 0 Å². The van der Waals surface area contributed by atoms with E-state index in [4.69, 9.17) is 0 Å². The molecule has 2 unspecified atom stereocenters. The zero-order valence-corrected chi connectivity index (χ0v) is 32.8. The van der Waals surface area contributed by atoms with Crippen molar-refractivity contribution in [1.29, 1.82) is 0 Å². The van der Waals surface area contributed by atoms with Crippen molar-refractivity contribution in [2.45, 2.75) is 158 Å². The molecule has 0 spiro atoms. The van der Waals surface area contributed by atoms with Gasteiger partial charge in [-0.3, -0.25) is 0 Å². The summed E-state index contributed by atoms with van der Waals surface area (Å²) in [5, 5.41) is 32.3. The summed E-state index contributed by atoms with van der Waals surface area (Å²) in [6.45, 7) is 25.4. The normalized spacial score (nSPS) is 31.6. The van der Waals surface area contributed by atoms with Crippen molar-refractivity contribution in [2.24, 2.45) is 23.2 Å². The van der Waals surface area contributed by atoms with E-state index in [2.05, 4.69) is 66.4 Å². The van der Waals surface area contributed by atoms with E-state index in [9.17, 15) is 23.7 Å². The van der Waals surface area contributed by atoms with Gasteiger partial charge < -0.3 is 15.3 Å². The van der Waals surface area contributed by atoms with Crippen molar-refractivity contribution >= 4 is 17.9 Å². The smallest absolute Gasteiger partial charge is 0.181 e. The molecule has 0 bridgehead atoms. The second-order valence-electron chi connectivity index (χ2n) is 17.9. The van der Waals surface area contributed by atoms with E-state index in [0.29, 0.717) is 12.3 Å². The van der Waals surface area contributed by atoms with Gasteiger partial charge in [0.2, 0.25) is 0 Å². The van der Waals surface area contributed by atoms with Crippen LogP contribution in [0.25, 0.3) is 0 Å². The molecule has 264 valence electrons. The summed E-state index contributed by atoms with van der Waals surface area (Å²) in [6, 6.07) is 7.02. The number of aliphatic hydroxyl groups excluding tert-OH is 1. The van der Waals surface area contributed by atoms with Crippen LogP contribution in [-0.4, -0.2) is 54.0 Å². The van der Waals surface area contributed by atoms with E-state index in [1.807, 2.05) is 19.1 Å². The lowest BCUT2D eigenvalue weighted by Gasteiger charge is -2.52. The molecule has 0 saturated heterocycles. The highest BCUT2D eigenvalue weighted by molar-refractivity contribution is 7.92. The number of aliphatic hydroxyl groups is 3. The molecule has 0 aromatic heterocycles. The van der Waals surface area contributed by atoms with Crippen molar-refractivity contribution in [3.05, 3.63) is 65.3 Å². The Morgan fingerprint density at radius 3 is 2.23 bits per heavy atom. The molecule has 3 aliphatic rings. The molecule has 3 N–H and O–H groups in total. The van der Waals surface area contributed by atoms with Crippen molar-refractivity contribution in [3.8, 4) is 0 Å².